The number of nitrogens with zero attached hydrogens (tertiary/aromatic N) is 2. The summed E-state index contributed by atoms with van der Waals surface area (Å²) < 4.78 is 40.6. The fourth-order valence-electron chi connectivity index (χ4n) is 5.10. The van der Waals surface area contributed by atoms with Crippen molar-refractivity contribution in [2.24, 2.45) is 0 Å². The normalized spacial score (nSPS) is 11.8. The van der Waals surface area contributed by atoms with Gasteiger partial charge in [0.15, 0.2) is 0 Å². The highest BCUT2D eigenvalue weighted by Gasteiger charge is 2.35. The third kappa shape index (κ3) is 9.05. The molecule has 0 aliphatic heterocycles. The molecule has 0 aliphatic carbocycles. The lowest BCUT2D eigenvalue weighted by atomic mass is 10.0. The SMILES string of the molecule is CCCNC(=O)C(Cc1ccccc1)N(Cc1cccc(OC)c1)C(=O)CN(c1cc(Cl)ccc1OC)S(=O)(=O)c1ccc(C)cc1. The van der Waals surface area contributed by atoms with Gasteiger partial charge in [-0.05, 0) is 66.9 Å². The first-order valence-corrected chi connectivity index (χ1v) is 17.1. The molecule has 2 amide bonds. The number of nitrogens with one attached hydrogen (secondary N) is 1. The van der Waals surface area contributed by atoms with Crippen molar-refractivity contribution in [3.8, 4) is 11.5 Å². The standard InChI is InChI=1S/C36H40ClN3O6S/c1-5-20-38-36(42)33(22-27-10-7-6-8-11-27)39(24-28-12-9-13-30(21-28)45-3)35(41)25-40(32-23-29(37)16-19-34(32)46-4)47(43,44)31-17-14-26(2)15-18-31/h6-19,21,23,33H,5,20,22,24-25H2,1-4H3,(H,38,42). The Hall–Kier alpha value is -4.54. The molecule has 1 N–H and O–H groups in total. The van der Waals surface area contributed by atoms with Crippen molar-refractivity contribution >= 4 is 39.1 Å². The van der Waals surface area contributed by atoms with Crippen LogP contribution in [0.25, 0.3) is 0 Å². The molecule has 0 aliphatic rings. The number of carbonyl (C=O) groups excluding carboxylic acids is 2. The molecule has 0 heterocycles. The van der Waals surface area contributed by atoms with Crippen LogP contribution in [0, 0.1) is 6.92 Å². The van der Waals surface area contributed by atoms with Gasteiger partial charge in [0.25, 0.3) is 10.0 Å². The van der Waals surface area contributed by atoms with E-state index in [1.165, 1.54) is 30.2 Å². The number of halogens is 1. The third-order valence-electron chi connectivity index (χ3n) is 7.60. The summed E-state index contributed by atoms with van der Waals surface area (Å²) >= 11 is 6.36. The lowest BCUT2D eigenvalue weighted by molar-refractivity contribution is -0.140. The van der Waals surface area contributed by atoms with Crippen LogP contribution < -0.4 is 19.1 Å². The minimum absolute atomic E-state index is 0.0121. The predicted molar refractivity (Wildman–Crippen MR) is 184 cm³/mol. The summed E-state index contributed by atoms with van der Waals surface area (Å²) in [7, 11) is -1.37. The minimum atomic E-state index is -4.32. The minimum Gasteiger partial charge on any atom is -0.497 e. The fourth-order valence-corrected chi connectivity index (χ4v) is 6.68. The zero-order valence-corrected chi connectivity index (χ0v) is 28.6. The molecule has 47 heavy (non-hydrogen) atoms. The number of aryl methyl sites for hydroxylation is 1. The number of hydrogen-bond acceptors (Lipinski definition) is 6. The van der Waals surface area contributed by atoms with Crippen molar-refractivity contribution in [3.05, 3.63) is 119 Å². The van der Waals surface area contributed by atoms with Crippen LogP contribution in [0.2, 0.25) is 5.02 Å². The Labute approximate surface area is 282 Å². The molecule has 1 unspecified atom stereocenters. The number of methoxy groups -OCH3 is 2. The molecular weight excluding hydrogens is 638 g/mol. The Morgan fingerprint density at radius 3 is 2.23 bits per heavy atom. The Bertz CT molecular complexity index is 1770. The van der Waals surface area contributed by atoms with Crippen molar-refractivity contribution in [3.63, 3.8) is 0 Å². The summed E-state index contributed by atoms with van der Waals surface area (Å²) in [5.41, 5.74) is 2.50. The van der Waals surface area contributed by atoms with Crippen LogP contribution in [-0.2, 0) is 32.6 Å². The molecule has 1 atom stereocenters. The van der Waals surface area contributed by atoms with Crippen molar-refractivity contribution in [1.29, 1.82) is 0 Å². The predicted octanol–water partition coefficient (Wildman–Crippen LogP) is 6.03. The van der Waals surface area contributed by atoms with E-state index >= 15 is 0 Å². The molecule has 9 nitrogen and oxygen atoms in total. The van der Waals surface area contributed by atoms with E-state index in [1.54, 1.807) is 49.6 Å². The number of benzene rings is 4. The van der Waals surface area contributed by atoms with Crippen LogP contribution >= 0.6 is 11.6 Å². The lowest BCUT2D eigenvalue weighted by Crippen LogP contribution is -2.53. The van der Waals surface area contributed by atoms with Gasteiger partial charge in [-0.2, -0.15) is 0 Å². The first-order chi connectivity index (χ1) is 22.6. The van der Waals surface area contributed by atoms with E-state index in [9.17, 15) is 18.0 Å². The number of amides is 2. The van der Waals surface area contributed by atoms with E-state index in [1.807, 2.05) is 50.2 Å². The van der Waals surface area contributed by atoms with E-state index in [4.69, 9.17) is 21.1 Å². The molecule has 0 saturated carbocycles. The highest BCUT2D eigenvalue weighted by atomic mass is 35.5. The summed E-state index contributed by atoms with van der Waals surface area (Å²) in [6.45, 7) is 3.59. The van der Waals surface area contributed by atoms with E-state index in [0.717, 1.165) is 15.4 Å². The maximum Gasteiger partial charge on any atom is 0.264 e. The second-order valence-corrected chi connectivity index (χ2v) is 13.3. The number of hydrogen-bond donors (Lipinski definition) is 1. The average Bonchev–Trinajstić information content (AvgIpc) is 3.08. The quantitative estimate of drug-likeness (QED) is 0.165. The second-order valence-electron chi connectivity index (χ2n) is 11.0. The molecule has 248 valence electrons. The van der Waals surface area contributed by atoms with Gasteiger partial charge in [0.1, 0.15) is 24.1 Å². The Morgan fingerprint density at radius 1 is 0.872 bits per heavy atom. The zero-order chi connectivity index (χ0) is 34.0. The van der Waals surface area contributed by atoms with Crippen molar-refractivity contribution in [1.82, 2.24) is 10.2 Å². The molecule has 4 aromatic carbocycles. The maximum atomic E-state index is 14.6. The van der Waals surface area contributed by atoms with E-state index < -0.39 is 28.5 Å². The molecular formula is C36H40ClN3O6S. The largest absolute Gasteiger partial charge is 0.497 e. The topological polar surface area (TPSA) is 105 Å². The Morgan fingerprint density at radius 2 is 1.57 bits per heavy atom. The molecule has 0 aromatic heterocycles. The third-order valence-corrected chi connectivity index (χ3v) is 9.61. The molecule has 11 heteroatoms. The summed E-state index contributed by atoms with van der Waals surface area (Å²) in [4.78, 5) is 29.9. The number of carbonyl (C=O) groups is 2. The van der Waals surface area contributed by atoms with Crippen LogP contribution in [0.3, 0.4) is 0 Å². The van der Waals surface area contributed by atoms with Gasteiger partial charge in [-0.1, -0.05) is 78.7 Å². The monoisotopic (exact) mass is 677 g/mol. The van der Waals surface area contributed by atoms with Crippen molar-refractivity contribution in [2.45, 2.75) is 44.2 Å². The van der Waals surface area contributed by atoms with E-state index in [-0.39, 0.29) is 40.2 Å². The van der Waals surface area contributed by atoms with Crippen LogP contribution in [0.15, 0.2) is 102 Å². The summed E-state index contributed by atoms with van der Waals surface area (Å²) in [5, 5.41) is 3.20. The van der Waals surface area contributed by atoms with Gasteiger partial charge in [0.2, 0.25) is 11.8 Å². The maximum absolute atomic E-state index is 14.6. The van der Waals surface area contributed by atoms with Crippen LogP contribution in [0.5, 0.6) is 11.5 Å². The van der Waals surface area contributed by atoms with Gasteiger partial charge >= 0.3 is 0 Å². The molecule has 4 rings (SSSR count). The number of rotatable bonds is 15. The van der Waals surface area contributed by atoms with E-state index in [0.29, 0.717) is 24.3 Å². The molecule has 0 saturated heterocycles. The van der Waals surface area contributed by atoms with Gasteiger partial charge in [0, 0.05) is 24.5 Å². The van der Waals surface area contributed by atoms with Gasteiger partial charge < -0.3 is 19.7 Å². The summed E-state index contributed by atoms with van der Waals surface area (Å²) in [6.07, 6.45) is 0.905. The van der Waals surface area contributed by atoms with Gasteiger partial charge in [0.05, 0.1) is 24.8 Å². The first kappa shape index (κ1) is 35.3. The average molecular weight is 678 g/mol. The fraction of sp³-hybridized carbons (Fsp3) is 0.278. The van der Waals surface area contributed by atoms with Crippen LogP contribution in [0.4, 0.5) is 5.69 Å². The molecule has 0 bridgehead atoms. The number of sulfonamides is 1. The summed E-state index contributed by atoms with van der Waals surface area (Å²) in [6, 6.07) is 26.5. The van der Waals surface area contributed by atoms with E-state index in [2.05, 4.69) is 5.32 Å². The van der Waals surface area contributed by atoms with Gasteiger partial charge in [-0.3, -0.25) is 13.9 Å². The lowest BCUT2D eigenvalue weighted by Gasteiger charge is -2.34. The van der Waals surface area contributed by atoms with Crippen molar-refractivity contribution < 1.29 is 27.5 Å². The molecule has 4 aromatic rings. The highest BCUT2D eigenvalue weighted by Crippen LogP contribution is 2.35. The van der Waals surface area contributed by atoms with Gasteiger partial charge in [-0.25, -0.2) is 8.42 Å². The Kier molecular flexibility index (Phi) is 12.3. The number of ether oxygens (including phenoxy) is 2. The molecule has 0 radical (unpaired) electrons. The number of anilines is 1. The summed E-state index contributed by atoms with van der Waals surface area (Å²) in [5.74, 6) is -0.158. The Balaban J connectivity index is 1.85. The smallest absolute Gasteiger partial charge is 0.264 e. The highest BCUT2D eigenvalue weighted by molar-refractivity contribution is 7.92. The second kappa shape index (κ2) is 16.3. The first-order valence-electron chi connectivity index (χ1n) is 15.2. The van der Waals surface area contributed by atoms with Crippen LogP contribution in [-0.4, -0.2) is 58.5 Å². The van der Waals surface area contributed by atoms with Gasteiger partial charge in [-0.15, -0.1) is 0 Å². The molecule has 0 fully saturated rings. The van der Waals surface area contributed by atoms with Crippen molar-refractivity contribution in [2.75, 3.05) is 31.6 Å². The van der Waals surface area contributed by atoms with Crippen LogP contribution in [0.1, 0.15) is 30.0 Å². The zero-order valence-electron chi connectivity index (χ0n) is 27.0. The molecule has 0 spiro atoms.